The molecular weight excluding hydrogens is 260 g/mol. The minimum atomic E-state index is 0.115. The Morgan fingerprint density at radius 3 is 2.71 bits per heavy atom. The summed E-state index contributed by atoms with van der Waals surface area (Å²) in [5.74, 6) is 1.73. The zero-order valence-corrected chi connectivity index (χ0v) is 13.3. The SMILES string of the molecule is CCNCc1cnccc1Oc1cccc(C(C)(C)C)c1. The third kappa shape index (κ3) is 4.30. The van der Waals surface area contributed by atoms with Crippen molar-refractivity contribution in [3.8, 4) is 11.5 Å². The minimum absolute atomic E-state index is 0.115. The first-order valence-electron chi connectivity index (χ1n) is 7.42. The molecular formula is C18H24N2O. The molecule has 21 heavy (non-hydrogen) atoms. The Morgan fingerprint density at radius 1 is 1.19 bits per heavy atom. The summed E-state index contributed by atoms with van der Waals surface area (Å²) in [4.78, 5) is 4.18. The van der Waals surface area contributed by atoms with Gasteiger partial charge in [0.25, 0.3) is 0 Å². The van der Waals surface area contributed by atoms with Gasteiger partial charge in [0, 0.05) is 24.5 Å². The molecule has 112 valence electrons. The predicted molar refractivity (Wildman–Crippen MR) is 86.8 cm³/mol. The first-order chi connectivity index (χ1) is 10.0. The fraction of sp³-hybridized carbons (Fsp3) is 0.389. The predicted octanol–water partition coefficient (Wildman–Crippen LogP) is 4.28. The molecule has 0 amide bonds. The highest BCUT2D eigenvalue weighted by Crippen LogP contribution is 2.29. The molecule has 0 unspecified atom stereocenters. The van der Waals surface area contributed by atoms with Gasteiger partial charge in [-0.05, 0) is 35.7 Å². The molecule has 0 aliphatic carbocycles. The lowest BCUT2D eigenvalue weighted by molar-refractivity contribution is 0.468. The van der Waals surface area contributed by atoms with Gasteiger partial charge in [-0.3, -0.25) is 4.98 Å². The second-order valence-corrected chi connectivity index (χ2v) is 6.14. The van der Waals surface area contributed by atoms with Crippen molar-refractivity contribution < 1.29 is 4.74 Å². The van der Waals surface area contributed by atoms with Crippen molar-refractivity contribution in [2.45, 2.75) is 39.7 Å². The van der Waals surface area contributed by atoms with E-state index < -0.39 is 0 Å². The minimum Gasteiger partial charge on any atom is -0.457 e. The highest BCUT2D eigenvalue weighted by Gasteiger charge is 2.14. The Bertz CT molecular complexity index is 588. The van der Waals surface area contributed by atoms with Crippen LogP contribution in [0.4, 0.5) is 0 Å². The van der Waals surface area contributed by atoms with Gasteiger partial charge < -0.3 is 10.1 Å². The first-order valence-corrected chi connectivity index (χ1v) is 7.42. The summed E-state index contributed by atoms with van der Waals surface area (Å²) in [6, 6.07) is 10.2. The van der Waals surface area contributed by atoms with E-state index in [1.807, 2.05) is 24.4 Å². The molecule has 1 aromatic heterocycles. The third-order valence-corrected chi connectivity index (χ3v) is 3.35. The molecule has 3 heteroatoms. The molecule has 0 saturated carbocycles. The summed E-state index contributed by atoms with van der Waals surface area (Å²) in [7, 11) is 0. The third-order valence-electron chi connectivity index (χ3n) is 3.35. The van der Waals surface area contributed by atoms with Gasteiger partial charge in [-0.25, -0.2) is 0 Å². The van der Waals surface area contributed by atoms with Crippen molar-refractivity contribution in [1.29, 1.82) is 0 Å². The van der Waals surface area contributed by atoms with Gasteiger partial charge in [0.2, 0.25) is 0 Å². The van der Waals surface area contributed by atoms with Crippen LogP contribution in [0.3, 0.4) is 0 Å². The van der Waals surface area contributed by atoms with Crippen LogP contribution in [0.25, 0.3) is 0 Å². The number of benzene rings is 1. The van der Waals surface area contributed by atoms with Crippen LogP contribution in [0.1, 0.15) is 38.8 Å². The Kier molecular flexibility index (Phi) is 4.97. The largest absolute Gasteiger partial charge is 0.457 e. The molecule has 0 fully saturated rings. The van der Waals surface area contributed by atoms with Crippen LogP contribution >= 0.6 is 0 Å². The van der Waals surface area contributed by atoms with Gasteiger partial charge in [0.15, 0.2) is 0 Å². The quantitative estimate of drug-likeness (QED) is 0.889. The fourth-order valence-corrected chi connectivity index (χ4v) is 2.06. The lowest BCUT2D eigenvalue weighted by atomic mass is 9.87. The van der Waals surface area contributed by atoms with Crippen molar-refractivity contribution in [2.75, 3.05) is 6.54 Å². The Labute approximate surface area is 127 Å². The normalized spacial score (nSPS) is 11.4. The van der Waals surface area contributed by atoms with Crippen LogP contribution in [-0.4, -0.2) is 11.5 Å². The molecule has 0 radical (unpaired) electrons. The molecule has 1 heterocycles. The summed E-state index contributed by atoms with van der Waals surface area (Å²) >= 11 is 0. The second kappa shape index (κ2) is 6.72. The maximum atomic E-state index is 6.06. The molecule has 0 bridgehead atoms. The van der Waals surface area contributed by atoms with Gasteiger partial charge in [0.1, 0.15) is 11.5 Å². The smallest absolute Gasteiger partial charge is 0.134 e. The number of pyridine rings is 1. The monoisotopic (exact) mass is 284 g/mol. The van der Waals surface area contributed by atoms with Crippen molar-refractivity contribution >= 4 is 0 Å². The maximum absolute atomic E-state index is 6.06. The average Bonchev–Trinajstić information content (AvgIpc) is 2.46. The van der Waals surface area contributed by atoms with Crippen molar-refractivity contribution in [2.24, 2.45) is 0 Å². The van der Waals surface area contributed by atoms with Crippen LogP contribution < -0.4 is 10.1 Å². The number of hydrogen-bond donors (Lipinski definition) is 1. The maximum Gasteiger partial charge on any atom is 0.134 e. The molecule has 1 N–H and O–H groups in total. The second-order valence-electron chi connectivity index (χ2n) is 6.14. The average molecular weight is 284 g/mol. The number of aromatic nitrogens is 1. The Morgan fingerprint density at radius 2 is 2.00 bits per heavy atom. The molecule has 0 spiro atoms. The molecule has 0 aliphatic rings. The lowest BCUT2D eigenvalue weighted by Gasteiger charge is -2.20. The van der Waals surface area contributed by atoms with E-state index in [1.165, 1.54) is 5.56 Å². The summed E-state index contributed by atoms with van der Waals surface area (Å²) in [6.45, 7) is 10.4. The van der Waals surface area contributed by atoms with Crippen molar-refractivity contribution in [3.63, 3.8) is 0 Å². The van der Waals surface area contributed by atoms with Crippen LogP contribution in [0.5, 0.6) is 11.5 Å². The van der Waals surface area contributed by atoms with E-state index in [0.29, 0.717) is 0 Å². The fourth-order valence-electron chi connectivity index (χ4n) is 2.06. The number of rotatable bonds is 5. The molecule has 2 rings (SSSR count). The number of ether oxygens (including phenoxy) is 1. The topological polar surface area (TPSA) is 34.2 Å². The molecule has 0 aliphatic heterocycles. The van der Waals surface area contributed by atoms with Crippen LogP contribution in [-0.2, 0) is 12.0 Å². The van der Waals surface area contributed by atoms with Crippen molar-refractivity contribution in [3.05, 3.63) is 53.9 Å². The zero-order valence-electron chi connectivity index (χ0n) is 13.3. The van der Waals surface area contributed by atoms with E-state index in [1.54, 1.807) is 6.20 Å². The van der Waals surface area contributed by atoms with Crippen LogP contribution in [0, 0.1) is 0 Å². The van der Waals surface area contributed by atoms with Gasteiger partial charge >= 0.3 is 0 Å². The summed E-state index contributed by atoms with van der Waals surface area (Å²) in [5, 5.41) is 3.31. The highest BCUT2D eigenvalue weighted by molar-refractivity contribution is 5.38. The molecule has 1 aromatic carbocycles. The van der Waals surface area contributed by atoms with Gasteiger partial charge in [-0.1, -0.05) is 39.8 Å². The van der Waals surface area contributed by atoms with E-state index >= 15 is 0 Å². The van der Waals surface area contributed by atoms with Crippen LogP contribution in [0.2, 0.25) is 0 Å². The molecule has 0 atom stereocenters. The summed E-state index contributed by atoms with van der Waals surface area (Å²) in [5.41, 5.74) is 2.45. The van der Waals surface area contributed by atoms with Gasteiger partial charge in [0.05, 0.1) is 0 Å². The highest BCUT2D eigenvalue weighted by atomic mass is 16.5. The lowest BCUT2D eigenvalue weighted by Crippen LogP contribution is -2.13. The number of nitrogens with zero attached hydrogens (tertiary/aromatic N) is 1. The van der Waals surface area contributed by atoms with E-state index in [-0.39, 0.29) is 5.41 Å². The molecule has 3 nitrogen and oxygen atoms in total. The number of hydrogen-bond acceptors (Lipinski definition) is 3. The Hall–Kier alpha value is -1.87. The van der Waals surface area contributed by atoms with Gasteiger partial charge in [-0.2, -0.15) is 0 Å². The van der Waals surface area contributed by atoms with E-state index in [4.69, 9.17) is 4.74 Å². The summed E-state index contributed by atoms with van der Waals surface area (Å²) in [6.07, 6.45) is 3.62. The zero-order chi connectivity index (χ0) is 15.3. The van der Waals surface area contributed by atoms with Crippen molar-refractivity contribution in [1.82, 2.24) is 10.3 Å². The standard InChI is InChI=1S/C18H24N2O/c1-5-19-12-14-13-20-10-9-17(14)21-16-8-6-7-15(11-16)18(2,3)4/h6-11,13,19H,5,12H2,1-4H3. The molecule has 2 aromatic rings. The number of nitrogens with one attached hydrogen (secondary N) is 1. The van der Waals surface area contributed by atoms with E-state index in [9.17, 15) is 0 Å². The van der Waals surface area contributed by atoms with Gasteiger partial charge in [-0.15, -0.1) is 0 Å². The summed E-state index contributed by atoms with van der Waals surface area (Å²) < 4.78 is 6.06. The Balaban J connectivity index is 2.22. The first kappa shape index (κ1) is 15.5. The molecule has 0 saturated heterocycles. The van der Waals surface area contributed by atoms with Crippen LogP contribution in [0.15, 0.2) is 42.7 Å². The van der Waals surface area contributed by atoms with E-state index in [0.717, 1.165) is 30.2 Å². The van der Waals surface area contributed by atoms with E-state index in [2.05, 4.69) is 50.1 Å².